The number of carboxylic acids is 1. The van der Waals surface area contributed by atoms with Crippen molar-refractivity contribution in [3.05, 3.63) is 0 Å². The Hall–Kier alpha value is -2.04. The Morgan fingerprint density at radius 2 is 2.00 bits per heavy atom. The minimum Gasteiger partial charge on any atom is -0.475 e. The van der Waals surface area contributed by atoms with E-state index in [1.807, 2.05) is 0 Å². The third kappa shape index (κ3) is 7.08. The molecule has 1 rings (SSSR count). The molecule has 1 fully saturated rings. The smallest absolute Gasteiger partial charge is 0.475 e. The molecule has 0 atom stereocenters. The number of carboxylic acid groups (broad SMARTS) is 1. The molecule has 8 nitrogen and oxygen atoms in total. The Morgan fingerprint density at radius 1 is 1.47 bits per heavy atom. The van der Waals surface area contributed by atoms with Crippen molar-refractivity contribution in [1.29, 1.82) is 0 Å². The van der Waals surface area contributed by atoms with Gasteiger partial charge in [-0.25, -0.2) is 9.59 Å². The number of nitrogens with zero attached hydrogens (tertiary/aromatic N) is 1. The zero-order valence-corrected chi connectivity index (χ0v) is 9.48. The standard InChI is InChI=1S/C6H10N2O4.C2HF3O2/c7-3-5(9)12-4-8-1-2-11-6(8)10;3-2(4,5)1(6)7/h1-4,7H2;(H,6,7). The Morgan fingerprint density at radius 3 is 2.32 bits per heavy atom. The molecule has 11 heteroatoms. The summed E-state index contributed by atoms with van der Waals surface area (Å²) in [5.74, 6) is -3.29. The first kappa shape index (κ1) is 17.0. The Bertz CT molecular complexity index is 346. The predicted octanol–water partition coefficient (Wildman–Crippen LogP) is -0.469. The normalized spacial score (nSPS) is 14.3. The molecule has 1 aliphatic heterocycles. The minimum absolute atomic E-state index is 0.0745. The first-order valence-electron chi connectivity index (χ1n) is 4.76. The second kappa shape index (κ2) is 7.41. The van der Waals surface area contributed by atoms with Gasteiger partial charge in [-0.2, -0.15) is 13.2 Å². The van der Waals surface area contributed by atoms with E-state index in [1.165, 1.54) is 4.90 Å². The SMILES string of the molecule is NCC(=O)OCN1CCOC1=O.O=C(O)C(F)(F)F. The molecule has 110 valence electrons. The molecule has 0 aromatic rings. The molecule has 1 aliphatic rings. The topological polar surface area (TPSA) is 119 Å². The highest BCUT2D eigenvalue weighted by Crippen LogP contribution is 2.13. The number of halogens is 3. The van der Waals surface area contributed by atoms with Gasteiger partial charge in [-0.3, -0.25) is 9.69 Å². The number of rotatable bonds is 3. The van der Waals surface area contributed by atoms with Gasteiger partial charge >= 0.3 is 24.2 Å². The number of hydrogen-bond donors (Lipinski definition) is 2. The van der Waals surface area contributed by atoms with Crippen LogP contribution in [0.15, 0.2) is 0 Å². The van der Waals surface area contributed by atoms with Gasteiger partial charge in [0.2, 0.25) is 0 Å². The summed E-state index contributed by atoms with van der Waals surface area (Å²) in [5.41, 5.74) is 4.98. The number of aliphatic carboxylic acids is 1. The average molecular weight is 288 g/mol. The van der Waals surface area contributed by atoms with Crippen molar-refractivity contribution >= 4 is 18.0 Å². The van der Waals surface area contributed by atoms with Crippen LogP contribution < -0.4 is 5.73 Å². The van der Waals surface area contributed by atoms with E-state index in [1.54, 1.807) is 0 Å². The van der Waals surface area contributed by atoms with Crippen LogP contribution in [0.25, 0.3) is 0 Å². The predicted molar refractivity (Wildman–Crippen MR) is 51.8 cm³/mol. The zero-order chi connectivity index (χ0) is 15.1. The van der Waals surface area contributed by atoms with Crippen LogP contribution in [0, 0.1) is 0 Å². The van der Waals surface area contributed by atoms with E-state index >= 15 is 0 Å². The molecule has 3 N–H and O–H groups in total. The van der Waals surface area contributed by atoms with E-state index in [-0.39, 0.29) is 13.3 Å². The summed E-state index contributed by atoms with van der Waals surface area (Å²) in [6.45, 7) is 0.549. The van der Waals surface area contributed by atoms with Gasteiger partial charge in [-0.05, 0) is 0 Å². The van der Waals surface area contributed by atoms with Crippen molar-refractivity contribution in [2.24, 2.45) is 5.73 Å². The Kier molecular flexibility index (Phi) is 6.61. The summed E-state index contributed by atoms with van der Waals surface area (Å²) in [6, 6.07) is 0. The zero-order valence-electron chi connectivity index (χ0n) is 9.48. The van der Waals surface area contributed by atoms with Crippen molar-refractivity contribution in [2.75, 3.05) is 26.4 Å². The van der Waals surface area contributed by atoms with E-state index in [4.69, 9.17) is 15.6 Å². The highest BCUT2D eigenvalue weighted by atomic mass is 19.4. The van der Waals surface area contributed by atoms with Crippen LogP contribution in [0.2, 0.25) is 0 Å². The molecule has 0 saturated carbocycles. The molecule has 19 heavy (non-hydrogen) atoms. The summed E-state index contributed by atoms with van der Waals surface area (Å²) in [6.07, 6.45) is -5.54. The molecule has 0 spiro atoms. The second-order valence-corrected chi connectivity index (χ2v) is 3.03. The van der Waals surface area contributed by atoms with Gasteiger partial charge in [-0.15, -0.1) is 0 Å². The maximum absolute atomic E-state index is 10.8. The fourth-order valence-corrected chi connectivity index (χ4v) is 0.752. The van der Waals surface area contributed by atoms with E-state index in [0.29, 0.717) is 13.2 Å². The van der Waals surface area contributed by atoms with Crippen molar-refractivity contribution in [2.45, 2.75) is 6.18 Å². The molecular formula is C8H11F3N2O6. The monoisotopic (exact) mass is 288 g/mol. The molecule has 1 amide bonds. The van der Waals surface area contributed by atoms with Gasteiger partial charge in [-0.1, -0.05) is 0 Å². The Balaban J connectivity index is 0.000000399. The highest BCUT2D eigenvalue weighted by molar-refractivity contribution is 5.73. The van der Waals surface area contributed by atoms with E-state index in [9.17, 15) is 22.8 Å². The van der Waals surface area contributed by atoms with Crippen molar-refractivity contribution in [3.63, 3.8) is 0 Å². The summed E-state index contributed by atoms with van der Waals surface area (Å²) < 4.78 is 40.9. The number of esters is 1. The minimum atomic E-state index is -5.08. The van der Waals surface area contributed by atoms with Gasteiger partial charge in [0.1, 0.15) is 6.61 Å². The van der Waals surface area contributed by atoms with Crippen molar-refractivity contribution < 1.29 is 42.1 Å². The van der Waals surface area contributed by atoms with Crippen molar-refractivity contribution in [1.82, 2.24) is 4.90 Å². The number of nitrogens with two attached hydrogens (primary N) is 1. The lowest BCUT2D eigenvalue weighted by molar-refractivity contribution is -0.192. The largest absolute Gasteiger partial charge is 0.490 e. The second-order valence-electron chi connectivity index (χ2n) is 3.03. The summed E-state index contributed by atoms with van der Waals surface area (Å²) >= 11 is 0. The lowest BCUT2D eigenvalue weighted by Gasteiger charge is -2.11. The number of carbonyl (C=O) groups excluding carboxylic acids is 2. The molecular weight excluding hydrogens is 277 g/mol. The lowest BCUT2D eigenvalue weighted by Crippen LogP contribution is -2.30. The number of cyclic esters (lactones) is 1. The molecule has 0 radical (unpaired) electrons. The lowest BCUT2D eigenvalue weighted by atomic mass is 10.6. The third-order valence-electron chi connectivity index (χ3n) is 1.64. The maximum atomic E-state index is 10.8. The molecule has 0 aromatic carbocycles. The van der Waals surface area contributed by atoms with Crippen LogP contribution in [0.3, 0.4) is 0 Å². The summed E-state index contributed by atoms with van der Waals surface area (Å²) in [5, 5.41) is 7.12. The van der Waals surface area contributed by atoms with Crippen LogP contribution in [0.4, 0.5) is 18.0 Å². The molecule has 0 aromatic heterocycles. The van der Waals surface area contributed by atoms with Gasteiger partial charge in [0.25, 0.3) is 0 Å². The third-order valence-corrected chi connectivity index (χ3v) is 1.64. The quantitative estimate of drug-likeness (QED) is 0.674. The number of alkyl halides is 3. The first-order chi connectivity index (χ1) is 8.68. The number of hydrogen-bond acceptors (Lipinski definition) is 6. The number of ether oxygens (including phenoxy) is 2. The van der Waals surface area contributed by atoms with Gasteiger partial charge in [0.15, 0.2) is 6.73 Å². The van der Waals surface area contributed by atoms with Crippen molar-refractivity contribution in [3.8, 4) is 0 Å². The van der Waals surface area contributed by atoms with Gasteiger partial charge in [0, 0.05) is 0 Å². The van der Waals surface area contributed by atoms with Crippen LogP contribution in [-0.2, 0) is 19.1 Å². The van der Waals surface area contributed by atoms with E-state index < -0.39 is 24.2 Å². The first-order valence-corrected chi connectivity index (χ1v) is 4.76. The maximum Gasteiger partial charge on any atom is 0.490 e. The van der Waals surface area contributed by atoms with Crippen LogP contribution >= 0.6 is 0 Å². The fraction of sp³-hybridized carbons (Fsp3) is 0.625. The number of carbonyl (C=O) groups is 3. The molecule has 0 unspecified atom stereocenters. The van der Waals surface area contributed by atoms with Gasteiger partial charge in [0.05, 0.1) is 13.1 Å². The molecule has 0 bridgehead atoms. The van der Waals surface area contributed by atoms with Crippen LogP contribution in [0.1, 0.15) is 0 Å². The average Bonchev–Trinajstić information content (AvgIpc) is 2.71. The summed E-state index contributed by atoms with van der Waals surface area (Å²) in [7, 11) is 0. The molecule has 1 heterocycles. The van der Waals surface area contributed by atoms with Crippen LogP contribution in [0.5, 0.6) is 0 Å². The summed E-state index contributed by atoms with van der Waals surface area (Å²) in [4.78, 5) is 31.5. The molecule has 0 aliphatic carbocycles. The highest BCUT2D eigenvalue weighted by Gasteiger charge is 2.38. The molecule has 1 saturated heterocycles. The fourth-order valence-electron chi connectivity index (χ4n) is 0.752. The van der Waals surface area contributed by atoms with E-state index in [0.717, 1.165) is 0 Å². The number of amides is 1. The Labute approximate surface area is 104 Å². The van der Waals surface area contributed by atoms with Crippen LogP contribution in [-0.4, -0.2) is 60.6 Å². The van der Waals surface area contributed by atoms with E-state index in [2.05, 4.69) is 9.47 Å². The van der Waals surface area contributed by atoms with Gasteiger partial charge < -0.3 is 20.3 Å².